The molecule has 1 aromatic carbocycles. The summed E-state index contributed by atoms with van der Waals surface area (Å²) in [6.45, 7) is 1.93. The zero-order valence-electron chi connectivity index (χ0n) is 11.8. The molecule has 0 aliphatic carbocycles. The van der Waals surface area contributed by atoms with Gasteiger partial charge in [-0.3, -0.25) is 9.97 Å². The average molecular weight is 279 g/mol. The molecule has 2 N–H and O–H groups in total. The summed E-state index contributed by atoms with van der Waals surface area (Å²) in [6.07, 6.45) is 5.05. The number of nitrogens with two attached hydrogens (primary N) is 1. The van der Waals surface area contributed by atoms with Crippen LogP contribution in [0.5, 0.6) is 5.75 Å². The second-order valence-electron chi connectivity index (χ2n) is 5.04. The van der Waals surface area contributed by atoms with Crippen LogP contribution >= 0.6 is 0 Å². The van der Waals surface area contributed by atoms with Crippen molar-refractivity contribution in [3.8, 4) is 5.75 Å². The minimum Gasteiger partial charge on any atom is -0.484 e. The number of ether oxygens (including phenoxy) is 1. The molecule has 0 saturated carbocycles. The highest BCUT2D eigenvalue weighted by Gasteiger charge is 2.18. The SMILES string of the molecule is CC(N)C(Oc1ccc2cccnc2c1)c1ccncc1. The Morgan fingerprint density at radius 2 is 1.86 bits per heavy atom. The molecule has 4 heteroatoms. The van der Waals surface area contributed by atoms with Gasteiger partial charge < -0.3 is 10.5 Å². The van der Waals surface area contributed by atoms with Gasteiger partial charge in [0.1, 0.15) is 11.9 Å². The second kappa shape index (κ2) is 5.89. The van der Waals surface area contributed by atoms with Crippen LogP contribution in [0.25, 0.3) is 10.9 Å². The molecule has 0 spiro atoms. The first kappa shape index (κ1) is 13.5. The van der Waals surface area contributed by atoms with Crippen molar-refractivity contribution in [2.24, 2.45) is 5.73 Å². The molecule has 0 aliphatic rings. The number of nitrogens with zero attached hydrogens (tertiary/aromatic N) is 2. The van der Waals surface area contributed by atoms with Gasteiger partial charge in [-0.2, -0.15) is 0 Å². The van der Waals surface area contributed by atoms with E-state index in [1.165, 1.54) is 0 Å². The highest BCUT2D eigenvalue weighted by molar-refractivity contribution is 5.79. The Bertz CT molecular complexity index is 728. The molecule has 0 fully saturated rings. The Labute approximate surface area is 123 Å². The van der Waals surface area contributed by atoms with Crippen LogP contribution in [0, 0.1) is 0 Å². The minimum absolute atomic E-state index is 0.133. The lowest BCUT2D eigenvalue weighted by molar-refractivity contribution is 0.180. The van der Waals surface area contributed by atoms with Crippen LogP contribution in [0.2, 0.25) is 0 Å². The topological polar surface area (TPSA) is 61.0 Å². The highest BCUT2D eigenvalue weighted by atomic mass is 16.5. The molecule has 3 aromatic rings. The smallest absolute Gasteiger partial charge is 0.139 e. The third kappa shape index (κ3) is 3.01. The predicted octanol–water partition coefficient (Wildman–Crippen LogP) is 3.10. The van der Waals surface area contributed by atoms with E-state index in [0.717, 1.165) is 22.2 Å². The van der Waals surface area contributed by atoms with Gasteiger partial charge in [-0.05, 0) is 42.8 Å². The molecule has 2 atom stereocenters. The van der Waals surface area contributed by atoms with Crippen molar-refractivity contribution in [1.82, 2.24) is 9.97 Å². The van der Waals surface area contributed by atoms with Gasteiger partial charge in [-0.1, -0.05) is 6.07 Å². The number of pyridine rings is 2. The fourth-order valence-corrected chi connectivity index (χ4v) is 2.30. The molecule has 2 aromatic heterocycles. The molecule has 0 aliphatic heterocycles. The maximum atomic E-state index is 6.08. The van der Waals surface area contributed by atoms with Crippen LogP contribution < -0.4 is 10.5 Å². The highest BCUT2D eigenvalue weighted by Crippen LogP contribution is 2.26. The van der Waals surface area contributed by atoms with Gasteiger partial charge >= 0.3 is 0 Å². The third-order valence-corrected chi connectivity index (χ3v) is 3.35. The van der Waals surface area contributed by atoms with E-state index in [1.807, 2.05) is 49.4 Å². The maximum Gasteiger partial charge on any atom is 0.139 e. The molecule has 3 rings (SSSR count). The Morgan fingerprint density at radius 3 is 2.62 bits per heavy atom. The maximum absolute atomic E-state index is 6.08. The van der Waals surface area contributed by atoms with Crippen molar-refractivity contribution in [3.63, 3.8) is 0 Å². The summed E-state index contributed by atoms with van der Waals surface area (Å²) in [5, 5.41) is 1.09. The van der Waals surface area contributed by atoms with Crippen LogP contribution in [0.1, 0.15) is 18.6 Å². The van der Waals surface area contributed by atoms with Crippen LogP contribution in [0.3, 0.4) is 0 Å². The van der Waals surface area contributed by atoms with Crippen molar-refractivity contribution in [2.45, 2.75) is 19.1 Å². The molecular formula is C17H17N3O. The van der Waals surface area contributed by atoms with Crippen LogP contribution in [0.15, 0.2) is 61.1 Å². The molecule has 2 unspecified atom stereocenters. The third-order valence-electron chi connectivity index (χ3n) is 3.35. The Kier molecular flexibility index (Phi) is 3.79. The normalized spacial score (nSPS) is 13.8. The van der Waals surface area contributed by atoms with Crippen molar-refractivity contribution in [2.75, 3.05) is 0 Å². The summed E-state index contributed by atoms with van der Waals surface area (Å²) in [5.41, 5.74) is 7.99. The summed E-state index contributed by atoms with van der Waals surface area (Å²) in [7, 11) is 0. The summed E-state index contributed by atoms with van der Waals surface area (Å²) in [6, 6.07) is 13.5. The molecule has 0 radical (unpaired) electrons. The molecular weight excluding hydrogens is 262 g/mol. The summed E-state index contributed by atoms with van der Waals surface area (Å²) in [5.74, 6) is 0.764. The Balaban J connectivity index is 1.91. The van der Waals surface area contributed by atoms with E-state index in [4.69, 9.17) is 10.5 Å². The minimum atomic E-state index is -0.214. The van der Waals surface area contributed by atoms with Crippen LogP contribution in [-0.2, 0) is 0 Å². The van der Waals surface area contributed by atoms with Gasteiger partial charge in [0.2, 0.25) is 0 Å². The predicted molar refractivity (Wildman–Crippen MR) is 83.0 cm³/mol. The van der Waals surface area contributed by atoms with E-state index in [2.05, 4.69) is 9.97 Å². The van der Waals surface area contributed by atoms with Gasteiger partial charge in [-0.25, -0.2) is 0 Å². The number of hydrogen-bond donors (Lipinski definition) is 1. The molecule has 0 bridgehead atoms. The Morgan fingerprint density at radius 1 is 1.05 bits per heavy atom. The van der Waals surface area contributed by atoms with Crippen molar-refractivity contribution in [3.05, 3.63) is 66.6 Å². The lowest BCUT2D eigenvalue weighted by Gasteiger charge is -2.23. The van der Waals surface area contributed by atoms with Crippen molar-refractivity contribution < 1.29 is 4.74 Å². The van der Waals surface area contributed by atoms with E-state index in [1.54, 1.807) is 18.6 Å². The largest absolute Gasteiger partial charge is 0.484 e. The fraction of sp³-hybridized carbons (Fsp3) is 0.176. The second-order valence-corrected chi connectivity index (χ2v) is 5.04. The number of aromatic nitrogens is 2. The molecule has 106 valence electrons. The van der Waals surface area contributed by atoms with E-state index in [0.29, 0.717) is 0 Å². The number of hydrogen-bond acceptors (Lipinski definition) is 4. The summed E-state index contributed by atoms with van der Waals surface area (Å²) < 4.78 is 6.08. The first-order chi connectivity index (χ1) is 10.2. The zero-order valence-corrected chi connectivity index (χ0v) is 11.8. The van der Waals surface area contributed by atoms with Crippen LogP contribution in [0.4, 0.5) is 0 Å². The standard InChI is InChI=1S/C17H17N3O/c1-12(18)17(14-6-9-19-10-7-14)21-15-5-4-13-3-2-8-20-16(13)11-15/h2-12,17H,18H2,1H3. The number of fused-ring (bicyclic) bond motifs is 1. The van der Waals surface area contributed by atoms with Crippen molar-refractivity contribution in [1.29, 1.82) is 0 Å². The monoisotopic (exact) mass is 279 g/mol. The van der Waals surface area contributed by atoms with E-state index >= 15 is 0 Å². The quantitative estimate of drug-likeness (QED) is 0.797. The lowest BCUT2D eigenvalue weighted by atomic mass is 10.1. The van der Waals surface area contributed by atoms with Gasteiger partial charge in [-0.15, -0.1) is 0 Å². The van der Waals surface area contributed by atoms with Crippen molar-refractivity contribution >= 4 is 10.9 Å². The Hall–Kier alpha value is -2.46. The van der Waals surface area contributed by atoms with Gasteiger partial charge in [0, 0.05) is 36.1 Å². The molecule has 21 heavy (non-hydrogen) atoms. The molecule has 4 nitrogen and oxygen atoms in total. The number of rotatable bonds is 4. The summed E-state index contributed by atoms with van der Waals surface area (Å²) in [4.78, 5) is 8.37. The van der Waals surface area contributed by atoms with E-state index in [9.17, 15) is 0 Å². The molecule has 2 heterocycles. The number of benzene rings is 1. The van der Waals surface area contributed by atoms with Gasteiger partial charge in [0.15, 0.2) is 0 Å². The van der Waals surface area contributed by atoms with Gasteiger partial charge in [0.05, 0.1) is 5.52 Å². The van der Waals surface area contributed by atoms with Gasteiger partial charge in [0.25, 0.3) is 0 Å². The first-order valence-electron chi connectivity index (χ1n) is 6.91. The van der Waals surface area contributed by atoms with Crippen LogP contribution in [-0.4, -0.2) is 16.0 Å². The average Bonchev–Trinajstić information content (AvgIpc) is 2.53. The van der Waals surface area contributed by atoms with E-state index in [-0.39, 0.29) is 12.1 Å². The summed E-state index contributed by atoms with van der Waals surface area (Å²) >= 11 is 0. The fourth-order valence-electron chi connectivity index (χ4n) is 2.30. The van der Waals surface area contributed by atoms with E-state index < -0.39 is 0 Å². The first-order valence-corrected chi connectivity index (χ1v) is 6.91. The zero-order chi connectivity index (χ0) is 14.7. The molecule has 0 saturated heterocycles. The molecule has 0 amide bonds. The lowest BCUT2D eigenvalue weighted by Crippen LogP contribution is -2.29.